The Bertz CT molecular complexity index is 1630. The van der Waals surface area contributed by atoms with Crippen LogP contribution in [0.1, 0.15) is 31.5 Å². The highest BCUT2D eigenvalue weighted by Crippen LogP contribution is 2.38. The molecule has 40 heavy (non-hydrogen) atoms. The Kier molecular flexibility index (Phi) is 6.67. The van der Waals surface area contributed by atoms with Gasteiger partial charge in [-0.3, -0.25) is 4.79 Å². The summed E-state index contributed by atoms with van der Waals surface area (Å²) in [5.41, 5.74) is 3.95. The Hall–Kier alpha value is -4.02. The number of methoxy groups -OCH3 is 1. The average Bonchev–Trinajstić information content (AvgIpc) is 3.43. The maximum Gasteiger partial charge on any atom is 0.278 e. The third-order valence-corrected chi connectivity index (χ3v) is 8.27. The van der Waals surface area contributed by atoms with Crippen molar-refractivity contribution in [2.75, 3.05) is 44.0 Å². The molecule has 1 saturated heterocycles. The van der Waals surface area contributed by atoms with Crippen molar-refractivity contribution in [1.82, 2.24) is 29.2 Å². The topological polar surface area (TPSA) is 93.3 Å². The number of anilines is 3. The molecule has 2 atom stereocenters. The average molecular weight is 541 g/mol. The van der Waals surface area contributed by atoms with Crippen LogP contribution in [0.25, 0.3) is 16.9 Å². The number of ether oxygens (including phenoxy) is 1. The molecular formula is C30H36N8O2. The van der Waals surface area contributed by atoms with Crippen molar-refractivity contribution in [2.24, 2.45) is 0 Å². The maximum atomic E-state index is 13.4. The Morgan fingerprint density at radius 3 is 2.70 bits per heavy atom. The minimum atomic E-state index is -0.465. The van der Waals surface area contributed by atoms with E-state index >= 15 is 0 Å². The number of rotatable bonds is 7. The van der Waals surface area contributed by atoms with E-state index in [4.69, 9.17) is 14.7 Å². The molecule has 3 aromatic heterocycles. The van der Waals surface area contributed by atoms with E-state index in [-0.39, 0.29) is 5.56 Å². The molecule has 0 bridgehead atoms. The van der Waals surface area contributed by atoms with Crippen LogP contribution in [-0.2, 0) is 23.3 Å². The molecule has 1 fully saturated rings. The zero-order valence-electron chi connectivity index (χ0n) is 23.6. The van der Waals surface area contributed by atoms with Crippen molar-refractivity contribution in [3.05, 3.63) is 76.9 Å². The summed E-state index contributed by atoms with van der Waals surface area (Å²) in [5, 5.41) is 3.73. The van der Waals surface area contributed by atoms with Crippen LogP contribution in [-0.4, -0.2) is 69.0 Å². The van der Waals surface area contributed by atoms with Gasteiger partial charge in [0.25, 0.3) is 5.56 Å². The molecule has 1 aliphatic carbocycles. The number of pyridine rings is 1. The standard InChI is InChI=1S/C30H36N8O2/c1-6-15-37-28(39)24-18-31-29(32-22-8-10-23(11-9-22)36-17-16-35(4)19-20(36)2)34-27(24)38(37)25-12-7-21-13-14-30(3,40-5)26(21)33-25/h6-12,18,20H,1,13-17,19H2,2-5H3,(H,31,32,34)/t20-,30-/m0/s1. The minimum absolute atomic E-state index is 0.191. The van der Waals surface area contributed by atoms with Crippen molar-refractivity contribution >= 4 is 28.4 Å². The van der Waals surface area contributed by atoms with Gasteiger partial charge < -0.3 is 19.9 Å². The highest BCUT2D eigenvalue weighted by atomic mass is 16.5. The molecule has 4 heterocycles. The van der Waals surface area contributed by atoms with Gasteiger partial charge in [-0.1, -0.05) is 12.1 Å². The molecule has 6 rings (SSSR count). The molecule has 10 heteroatoms. The Balaban J connectivity index is 1.36. The first-order chi connectivity index (χ1) is 19.3. The van der Waals surface area contributed by atoms with Gasteiger partial charge in [0.15, 0.2) is 11.5 Å². The monoisotopic (exact) mass is 540 g/mol. The smallest absolute Gasteiger partial charge is 0.278 e. The summed E-state index contributed by atoms with van der Waals surface area (Å²) in [5.74, 6) is 1.01. The number of aryl methyl sites for hydroxylation is 1. The summed E-state index contributed by atoms with van der Waals surface area (Å²) < 4.78 is 9.19. The van der Waals surface area contributed by atoms with Crippen LogP contribution in [0.2, 0.25) is 0 Å². The van der Waals surface area contributed by atoms with Crippen LogP contribution in [0.4, 0.5) is 17.3 Å². The molecule has 0 saturated carbocycles. The molecule has 0 amide bonds. The lowest BCUT2D eigenvalue weighted by Crippen LogP contribution is -2.50. The van der Waals surface area contributed by atoms with E-state index in [0.717, 1.165) is 49.4 Å². The second-order valence-electron chi connectivity index (χ2n) is 11.0. The van der Waals surface area contributed by atoms with Gasteiger partial charge in [-0.2, -0.15) is 4.98 Å². The van der Waals surface area contributed by atoms with Crippen molar-refractivity contribution in [3.63, 3.8) is 0 Å². The first kappa shape index (κ1) is 26.2. The van der Waals surface area contributed by atoms with Crippen LogP contribution in [0.3, 0.4) is 0 Å². The van der Waals surface area contributed by atoms with E-state index < -0.39 is 5.60 Å². The number of hydrogen-bond acceptors (Lipinski definition) is 8. The van der Waals surface area contributed by atoms with E-state index in [1.165, 1.54) is 5.69 Å². The van der Waals surface area contributed by atoms with Gasteiger partial charge in [0.1, 0.15) is 11.0 Å². The first-order valence-corrected chi connectivity index (χ1v) is 13.8. The predicted molar refractivity (Wildman–Crippen MR) is 158 cm³/mol. The zero-order valence-corrected chi connectivity index (χ0v) is 23.6. The highest BCUT2D eigenvalue weighted by molar-refractivity contribution is 5.77. The SMILES string of the molecule is C=CCn1c(=O)c2cnc(Nc3ccc(N4CCN(C)C[C@@H]4C)cc3)nc2n1-c1ccc2c(n1)[C@@](C)(OC)CC2. The van der Waals surface area contributed by atoms with Gasteiger partial charge in [-0.25, -0.2) is 19.3 Å². The largest absolute Gasteiger partial charge is 0.372 e. The number of likely N-dealkylation sites (N-methyl/N-ethyl adjacent to an activating group) is 1. The molecule has 10 nitrogen and oxygen atoms in total. The van der Waals surface area contributed by atoms with Gasteiger partial charge >= 0.3 is 0 Å². The molecule has 0 unspecified atom stereocenters. The molecule has 0 spiro atoms. The summed E-state index contributed by atoms with van der Waals surface area (Å²) in [4.78, 5) is 32.4. The van der Waals surface area contributed by atoms with Crippen LogP contribution >= 0.6 is 0 Å². The molecule has 208 valence electrons. The number of nitrogens with one attached hydrogen (secondary N) is 1. The van der Waals surface area contributed by atoms with E-state index in [1.807, 2.05) is 18.2 Å². The van der Waals surface area contributed by atoms with E-state index in [1.54, 1.807) is 28.7 Å². The second kappa shape index (κ2) is 10.2. The van der Waals surface area contributed by atoms with Gasteiger partial charge in [-0.05, 0) is 69.6 Å². The van der Waals surface area contributed by atoms with Gasteiger partial charge in [-0.15, -0.1) is 6.58 Å². The summed E-state index contributed by atoms with van der Waals surface area (Å²) in [6, 6.07) is 12.8. The van der Waals surface area contributed by atoms with Crippen molar-refractivity contribution < 1.29 is 4.74 Å². The summed E-state index contributed by atoms with van der Waals surface area (Å²) >= 11 is 0. The van der Waals surface area contributed by atoms with Crippen LogP contribution in [0, 0.1) is 0 Å². The predicted octanol–water partition coefficient (Wildman–Crippen LogP) is 3.85. The molecule has 1 aromatic carbocycles. The van der Waals surface area contributed by atoms with Crippen molar-refractivity contribution in [1.29, 1.82) is 0 Å². The Morgan fingerprint density at radius 1 is 1.18 bits per heavy atom. The molecule has 2 aliphatic rings. The highest BCUT2D eigenvalue weighted by Gasteiger charge is 2.36. The normalized spacial score (nSPS) is 21.1. The lowest BCUT2D eigenvalue weighted by Gasteiger charge is -2.39. The Morgan fingerprint density at radius 2 is 1.98 bits per heavy atom. The number of allylic oxidation sites excluding steroid dienone is 1. The molecular weight excluding hydrogens is 504 g/mol. The number of piperazine rings is 1. The zero-order chi connectivity index (χ0) is 28.0. The minimum Gasteiger partial charge on any atom is -0.372 e. The summed E-state index contributed by atoms with van der Waals surface area (Å²) in [7, 11) is 3.88. The molecule has 1 aliphatic heterocycles. The number of nitrogens with zero attached hydrogens (tertiary/aromatic N) is 7. The fourth-order valence-corrected chi connectivity index (χ4v) is 5.94. The first-order valence-electron chi connectivity index (χ1n) is 13.8. The van der Waals surface area contributed by atoms with Gasteiger partial charge in [0.05, 0.1) is 12.2 Å². The fourth-order valence-electron chi connectivity index (χ4n) is 5.94. The molecule has 0 radical (unpaired) electrons. The van der Waals surface area contributed by atoms with E-state index in [2.05, 4.69) is 65.8 Å². The van der Waals surface area contributed by atoms with Crippen molar-refractivity contribution in [2.45, 2.75) is 44.9 Å². The lowest BCUT2D eigenvalue weighted by atomic mass is 10.0. The summed E-state index contributed by atoms with van der Waals surface area (Å²) in [6.45, 7) is 11.6. The number of hydrogen-bond donors (Lipinski definition) is 1. The quantitative estimate of drug-likeness (QED) is 0.354. The van der Waals surface area contributed by atoms with Crippen LogP contribution in [0.5, 0.6) is 0 Å². The fraction of sp³-hybridized carbons (Fsp3) is 0.400. The molecule has 4 aromatic rings. The van der Waals surface area contributed by atoms with Crippen LogP contribution in [0.15, 0.2) is 60.0 Å². The second-order valence-corrected chi connectivity index (χ2v) is 11.0. The Labute approximate surface area is 233 Å². The number of aromatic nitrogens is 5. The van der Waals surface area contributed by atoms with Crippen LogP contribution < -0.4 is 15.8 Å². The number of benzene rings is 1. The van der Waals surface area contributed by atoms with E-state index in [0.29, 0.717) is 35.4 Å². The van der Waals surface area contributed by atoms with Gasteiger partial charge in [0, 0.05) is 50.4 Å². The van der Waals surface area contributed by atoms with E-state index in [9.17, 15) is 4.79 Å². The summed E-state index contributed by atoms with van der Waals surface area (Å²) in [6.07, 6.45) is 5.04. The lowest BCUT2D eigenvalue weighted by molar-refractivity contribution is 0.000484. The number of fused-ring (bicyclic) bond motifs is 2. The van der Waals surface area contributed by atoms with Crippen molar-refractivity contribution in [3.8, 4) is 5.82 Å². The third-order valence-electron chi connectivity index (χ3n) is 8.27. The maximum absolute atomic E-state index is 13.4. The third kappa shape index (κ3) is 4.47. The van der Waals surface area contributed by atoms with Gasteiger partial charge in [0.2, 0.25) is 5.95 Å². The molecule has 1 N–H and O–H groups in total.